The summed E-state index contributed by atoms with van der Waals surface area (Å²) in [5.74, 6) is -0.816. The maximum atomic E-state index is 10.7. The summed E-state index contributed by atoms with van der Waals surface area (Å²) in [4.78, 5) is 12.8. The lowest BCUT2D eigenvalue weighted by Crippen LogP contribution is -2.45. The molecule has 84 valence electrons. The predicted molar refractivity (Wildman–Crippen MR) is 54.5 cm³/mol. The van der Waals surface area contributed by atoms with Crippen molar-refractivity contribution in [1.29, 1.82) is 0 Å². The molecule has 0 radical (unpaired) electrons. The number of likely N-dealkylation sites (N-methyl/N-ethyl adjacent to an activating group) is 2. The molecule has 0 aromatic heterocycles. The Labute approximate surface area is 85.0 Å². The fourth-order valence-electron chi connectivity index (χ4n) is 1.15. The Morgan fingerprint density at radius 1 is 1.64 bits per heavy atom. The highest BCUT2D eigenvalue weighted by Gasteiger charge is 2.17. The van der Waals surface area contributed by atoms with Gasteiger partial charge in [0.25, 0.3) is 0 Å². The molecule has 0 aliphatic carbocycles. The van der Waals surface area contributed by atoms with Gasteiger partial charge in [0.1, 0.15) is 6.04 Å². The third kappa shape index (κ3) is 5.16. The van der Waals surface area contributed by atoms with Gasteiger partial charge in [0.2, 0.25) is 0 Å². The number of hydrogen-bond acceptors (Lipinski definition) is 4. The summed E-state index contributed by atoms with van der Waals surface area (Å²) in [7, 11) is 3.30. The van der Waals surface area contributed by atoms with Crippen molar-refractivity contribution in [2.75, 3.05) is 40.4 Å². The SMILES string of the molecule is CCN(CCOC)CC(NC)C(=O)O. The number of rotatable bonds is 8. The minimum absolute atomic E-state index is 0.506. The van der Waals surface area contributed by atoms with Gasteiger partial charge in [-0.1, -0.05) is 6.92 Å². The highest BCUT2D eigenvalue weighted by molar-refractivity contribution is 5.73. The number of carbonyl (C=O) groups is 1. The third-order valence-electron chi connectivity index (χ3n) is 2.15. The first-order valence-corrected chi connectivity index (χ1v) is 4.77. The Bertz CT molecular complexity index is 164. The second kappa shape index (κ2) is 7.73. The number of methoxy groups -OCH3 is 1. The van der Waals surface area contributed by atoms with E-state index in [0.717, 1.165) is 13.1 Å². The topological polar surface area (TPSA) is 61.8 Å². The zero-order valence-electron chi connectivity index (χ0n) is 9.12. The Hall–Kier alpha value is -0.650. The van der Waals surface area contributed by atoms with E-state index in [1.165, 1.54) is 0 Å². The minimum atomic E-state index is -0.816. The minimum Gasteiger partial charge on any atom is -0.480 e. The molecule has 5 nitrogen and oxygen atoms in total. The molecule has 0 aromatic rings. The number of aliphatic carboxylic acids is 1. The summed E-state index contributed by atoms with van der Waals surface area (Å²) in [6.45, 7) is 4.73. The average Bonchev–Trinajstić information content (AvgIpc) is 2.18. The lowest BCUT2D eigenvalue weighted by Gasteiger charge is -2.23. The normalized spacial score (nSPS) is 13.1. The second-order valence-corrected chi connectivity index (χ2v) is 3.07. The molecule has 5 heteroatoms. The van der Waals surface area contributed by atoms with E-state index < -0.39 is 12.0 Å². The summed E-state index contributed by atoms with van der Waals surface area (Å²) in [5, 5.41) is 11.6. The van der Waals surface area contributed by atoms with Crippen LogP contribution in [-0.2, 0) is 9.53 Å². The number of carboxylic acids is 1. The van der Waals surface area contributed by atoms with Crippen LogP contribution in [0.2, 0.25) is 0 Å². The highest BCUT2D eigenvalue weighted by atomic mass is 16.5. The van der Waals surface area contributed by atoms with Crippen LogP contribution in [-0.4, -0.2) is 62.4 Å². The Kier molecular flexibility index (Phi) is 7.37. The molecular weight excluding hydrogens is 184 g/mol. The lowest BCUT2D eigenvalue weighted by atomic mass is 10.2. The summed E-state index contributed by atoms with van der Waals surface area (Å²) in [6, 6.07) is -0.508. The predicted octanol–water partition coefficient (Wildman–Crippen LogP) is -0.373. The molecule has 0 rings (SSSR count). The zero-order chi connectivity index (χ0) is 11.0. The molecule has 0 spiro atoms. The van der Waals surface area contributed by atoms with Crippen LogP contribution in [0, 0.1) is 0 Å². The molecule has 0 saturated carbocycles. The van der Waals surface area contributed by atoms with Crippen molar-refractivity contribution in [2.45, 2.75) is 13.0 Å². The van der Waals surface area contributed by atoms with Crippen LogP contribution in [0.15, 0.2) is 0 Å². The van der Waals surface area contributed by atoms with E-state index >= 15 is 0 Å². The van der Waals surface area contributed by atoms with E-state index in [1.807, 2.05) is 11.8 Å². The van der Waals surface area contributed by atoms with E-state index in [1.54, 1.807) is 14.2 Å². The molecular formula is C9H20N2O3. The van der Waals surface area contributed by atoms with Crippen molar-refractivity contribution in [3.8, 4) is 0 Å². The van der Waals surface area contributed by atoms with Crippen molar-refractivity contribution in [2.24, 2.45) is 0 Å². The molecule has 0 saturated heterocycles. The van der Waals surface area contributed by atoms with Gasteiger partial charge in [0, 0.05) is 20.2 Å². The molecule has 0 aliphatic rings. The van der Waals surface area contributed by atoms with Crippen molar-refractivity contribution < 1.29 is 14.6 Å². The number of ether oxygens (including phenoxy) is 1. The van der Waals surface area contributed by atoms with Crippen molar-refractivity contribution in [3.63, 3.8) is 0 Å². The van der Waals surface area contributed by atoms with Gasteiger partial charge in [-0.25, -0.2) is 0 Å². The van der Waals surface area contributed by atoms with Crippen LogP contribution in [0.25, 0.3) is 0 Å². The van der Waals surface area contributed by atoms with Crippen molar-refractivity contribution in [1.82, 2.24) is 10.2 Å². The number of nitrogens with one attached hydrogen (secondary N) is 1. The van der Waals surface area contributed by atoms with Crippen molar-refractivity contribution in [3.05, 3.63) is 0 Å². The zero-order valence-corrected chi connectivity index (χ0v) is 9.12. The van der Waals surface area contributed by atoms with Crippen LogP contribution in [0.4, 0.5) is 0 Å². The Morgan fingerprint density at radius 2 is 2.29 bits per heavy atom. The van der Waals surface area contributed by atoms with Gasteiger partial charge in [-0.05, 0) is 13.6 Å². The van der Waals surface area contributed by atoms with Gasteiger partial charge in [0.05, 0.1) is 6.61 Å². The van der Waals surface area contributed by atoms with Gasteiger partial charge in [0.15, 0.2) is 0 Å². The van der Waals surface area contributed by atoms with Gasteiger partial charge >= 0.3 is 5.97 Å². The number of carboxylic acid groups (broad SMARTS) is 1. The molecule has 0 aromatic carbocycles. The van der Waals surface area contributed by atoms with Gasteiger partial charge in [-0.3, -0.25) is 9.69 Å². The van der Waals surface area contributed by atoms with E-state index in [0.29, 0.717) is 13.2 Å². The molecule has 1 atom stereocenters. The summed E-state index contributed by atoms with van der Waals surface area (Å²) >= 11 is 0. The smallest absolute Gasteiger partial charge is 0.322 e. The average molecular weight is 204 g/mol. The Morgan fingerprint density at radius 3 is 2.64 bits per heavy atom. The van der Waals surface area contributed by atoms with Crippen LogP contribution < -0.4 is 5.32 Å². The maximum Gasteiger partial charge on any atom is 0.322 e. The van der Waals surface area contributed by atoms with Crippen LogP contribution in [0.5, 0.6) is 0 Å². The largest absolute Gasteiger partial charge is 0.480 e. The van der Waals surface area contributed by atoms with Gasteiger partial charge in [-0.15, -0.1) is 0 Å². The molecule has 0 amide bonds. The number of hydrogen-bond donors (Lipinski definition) is 2. The fourth-order valence-corrected chi connectivity index (χ4v) is 1.15. The summed E-state index contributed by atoms with van der Waals surface area (Å²) in [6.07, 6.45) is 0. The molecule has 0 fully saturated rings. The molecule has 0 bridgehead atoms. The molecule has 14 heavy (non-hydrogen) atoms. The van der Waals surface area contributed by atoms with E-state index in [2.05, 4.69) is 5.32 Å². The second-order valence-electron chi connectivity index (χ2n) is 3.07. The number of nitrogens with zero attached hydrogens (tertiary/aromatic N) is 1. The van der Waals surface area contributed by atoms with Crippen LogP contribution in [0.1, 0.15) is 6.92 Å². The van der Waals surface area contributed by atoms with Crippen LogP contribution >= 0.6 is 0 Å². The van der Waals surface area contributed by atoms with Gasteiger partial charge in [-0.2, -0.15) is 0 Å². The maximum absolute atomic E-state index is 10.7. The quantitative estimate of drug-likeness (QED) is 0.565. The molecule has 1 unspecified atom stereocenters. The fraction of sp³-hybridized carbons (Fsp3) is 0.889. The van der Waals surface area contributed by atoms with E-state index in [4.69, 9.17) is 9.84 Å². The summed E-state index contributed by atoms with van der Waals surface area (Å²) < 4.78 is 4.94. The van der Waals surface area contributed by atoms with E-state index in [9.17, 15) is 4.79 Å². The Balaban J connectivity index is 3.94. The lowest BCUT2D eigenvalue weighted by molar-refractivity contribution is -0.139. The standard InChI is InChI=1S/C9H20N2O3/c1-4-11(5-6-14-3)7-8(10-2)9(12)13/h8,10H,4-7H2,1-3H3,(H,12,13). The highest BCUT2D eigenvalue weighted by Crippen LogP contribution is 1.93. The first kappa shape index (κ1) is 13.4. The summed E-state index contributed by atoms with van der Waals surface area (Å²) in [5.41, 5.74) is 0. The van der Waals surface area contributed by atoms with E-state index in [-0.39, 0.29) is 0 Å². The molecule has 0 aliphatic heterocycles. The first-order valence-electron chi connectivity index (χ1n) is 4.77. The van der Waals surface area contributed by atoms with Crippen LogP contribution in [0.3, 0.4) is 0 Å². The first-order chi connectivity index (χ1) is 6.65. The molecule has 2 N–H and O–H groups in total. The monoisotopic (exact) mass is 204 g/mol. The molecule has 0 heterocycles. The van der Waals surface area contributed by atoms with Crippen molar-refractivity contribution >= 4 is 5.97 Å². The van der Waals surface area contributed by atoms with Gasteiger partial charge < -0.3 is 15.2 Å². The third-order valence-corrected chi connectivity index (χ3v) is 2.15.